The number of methoxy groups -OCH3 is 1. The van der Waals surface area contributed by atoms with E-state index in [1.165, 1.54) is 31.4 Å². The highest BCUT2D eigenvalue weighted by Crippen LogP contribution is 2.31. The van der Waals surface area contributed by atoms with Gasteiger partial charge in [0.05, 0.1) is 12.0 Å². The number of ketones is 1. The highest BCUT2D eigenvalue weighted by atomic mass is 32.1. The zero-order valence-electron chi connectivity index (χ0n) is 9.49. The fourth-order valence-electron chi connectivity index (χ4n) is 1.50. The highest BCUT2D eigenvalue weighted by molar-refractivity contribution is 7.17. The van der Waals surface area contributed by atoms with E-state index in [1.807, 2.05) is 6.07 Å². The van der Waals surface area contributed by atoms with Gasteiger partial charge in [0.25, 0.3) is 0 Å². The van der Waals surface area contributed by atoms with Crippen LogP contribution in [0.2, 0.25) is 0 Å². The molecule has 88 valence electrons. The second kappa shape index (κ2) is 4.67. The van der Waals surface area contributed by atoms with Crippen LogP contribution in [0.4, 0.5) is 4.39 Å². The third kappa shape index (κ3) is 2.36. The lowest BCUT2D eigenvalue weighted by atomic mass is 10.2. The Kier molecular flexibility index (Phi) is 3.24. The first-order valence-electron chi connectivity index (χ1n) is 5.06. The molecule has 2 rings (SSSR count). The Morgan fingerprint density at radius 1 is 1.29 bits per heavy atom. The molecule has 0 atom stereocenters. The van der Waals surface area contributed by atoms with Crippen molar-refractivity contribution in [1.82, 2.24) is 0 Å². The first kappa shape index (κ1) is 11.8. The molecule has 4 heteroatoms. The molecule has 0 fully saturated rings. The number of carbonyl (C=O) groups excluding carboxylic acids is 1. The van der Waals surface area contributed by atoms with Crippen LogP contribution in [0.25, 0.3) is 10.4 Å². The zero-order chi connectivity index (χ0) is 12.4. The van der Waals surface area contributed by atoms with Gasteiger partial charge in [0, 0.05) is 4.88 Å². The molecule has 0 N–H and O–H groups in total. The Bertz CT molecular complexity index is 560. The Morgan fingerprint density at radius 2 is 2.06 bits per heavy atom. The van der Waals surface area contributed by atoms with Gasteiger partial charge >= 0.3 is 0 Å². The van der Waals surface area contributed by atoms with Gasteiger partial charge in [-0.3, -0.25) is 4.79 Å². The average Bonchev–Trinajstić information content (AvgIpc) is 2.78. The van der Waals surface area contributed by atoms with Crippen LogP contribution >= 0.6 is 11.3 Å². The summed E-state index contributed by atoms with van der Waals surface area (Å²) in [5.74, 6) is -0.157. The van der Waals surface area contributed by atoms with Crippen molar-refractivity contribution >= 4 is 17.1 Å². The maximum atomic E-state index is 13.5. The lowest BCUT2D eigenvalue weighted by Crippen LogP contribution is -1.87. The summed E-state index contributed by atoms with van der Waals surface area (Å²) in [6.45, 7) is 1.52. The van der Waals surface area contributed by atoms with Crippen LogP contribution in [0, 0.1) is 5.82 Å². The summed E-state index contributed by atoms with van der Waals surface area (Å²) in [5, 5.41) is 0. The van der Waals surface area contributed by atoms with E-state index in [1.54, 1.807) is 18.2 Å². The molecule has 0 aliphatic heterocycles. The summed E-state index contributed by atoms with van der Waals surface area (Å²) in [4.78, 5) is 12.7. The number of benzene rings is 1. The minimum Gasteiger partial charge on any atom is -0.494 e. The van der Waals surface area contributed by atoms with E-state index in [9.17, 15) is 9.18 Å². The number of hydrogen-bond donors (Lipinski definition) is 0. The lowest BCUT2D eigenvalue weighted by Gasteiger charge is -2.03. The van der Waals surface area contributed by atoms with E-state index in [2.05, 4.69) is 0 Å². The van der Waals surface area contributed by atoms with Crippen molar-refractivity contribution in [2.75, 3.05) is 7.11 Å². The van der Waals surface area contributed by atoms with E-state index in [4.69, 9.17) is 4.74 Å². The highest BCUT2D eigenvalue weighted by Gasteiger charge is 2.09. The quantitative estimate of drug-likeness (QED) is 0.775. The summed E-state index contributed by atoms with van der Waals surface area (Å²) in [7, 11) is 1.43. The Hall–Kier alpha value is -1.68. The van der Waals surface area contributed by atoms with Crippen molar-refractivity contribution < 1.29 is 13.9 Å². The van der Waals surface area contributed by atoms with Crippen LogP contribution in [-0.4, -0.2) is 12.9 Å². The third-order valence-electron chi connectivity index (χ3n) is 2.39. The van der Waals surface area contributed by atoms with Crippen LogP contribution in [0.15, 0.2) is 30.3 Å². The summed E-state index contributed by atoms with van der Waals surface area (Å²) in [6.07, 6.45) is 0. The van der Waals surface area contributed by atoms with Crippen LogP contribution in [0.1, 0.15) is 16.6 Å². The normalized spacial score (nSPS) is 10.3. The molecule has 0 aliphatic carbocycles. The first-order chi connectivity index (χ1) is 8.11. The van der Waals surface area contributed by atoms with E-state index in [-0.39, 0.29) is 11.5 Å². The van der Waals surface area contributed by atoms with Gasteiger partial charge in [-0.25, -0.2) is 4.39 Å². The summed E-state index contributed by atoms with van der Waals surface area (Å²) in [6, 6.07) is 8.34. The van der Waals surface area contributed by atoms with Gasteiger partial charge in [-0.15, -0.1) is 11.3 Å². The number of halogens is 1. The number of carbonyl (C=O) groups is 1. The molecule has 0 aliphatic rings. The molecule has 0 saturated carbocycles. The SMILES string of the molecule is COc1ccc(-c2ccc(C(C)=O)s2)cc1F. The van der Waals surface area contributed by atoms with E-state index in [0.717, 1.165) is 10.4 Å². The Balaban J connectivity index is 2.39. The molecular weight excluding hydrogens is 239 g/mol. The molecule has 1 aromatic carbocycles. The lowest BCUT2D eigenvalue weighted by molar-refractivity contribution is 0.102. The molecule has 17 heavy (non-hydrogen) atoms. The van der Waals surface area contributed by atoms with Gasteiger partial charge in [0.2, 0.25) is 0 Å². The van der Waals surface area contributed by atoms with Crippen molar-refractivity contribution in [1.29, 1.82) is 0 Å². The average molecular weight is 250 g/mol. The monoisotopic (exact) mass is 250 g/mol. The molecule has 1 heterocycles. The van der Waals surface area contributed by atoms with Crippen molar-refractivity contribution in [3.05, 3.63) is 41.0 Å². The standard InChI is InChI=1S/C13H11FO2S/c1-8(15)12-5-6-13(17-12)9-3-4-11(16-2)10(14)7-9/h3-7H,1-2H3. The molecule has 0 spiro atoms. The topological polar surface area (TPSA) is 26.3 Å². The van der Waals surface area contributed by atoms with Crippen LogP contribution in [0.5, 0.6) is 5.75 Å². The summed E-state index contributed by atoms with van der Waals surface area (Å²) < 4.78 is 18.4. The van der Waals surface area contributed by atoms with Gasteiger partial charge in [-0.05, 0) is 42.8 Å². The largest absolute Gasteiger partial charge is 0.494 e. The predicted octanol–water partition coefficient (Wildman–Crippen LogP) is 3.77. The first-order valence-corrected chi connectivity index (χ1v) is 5.88. The van der Waals surface area contributed by atoms with Crippen molar-refractivity contribution in [3.8, 4) is 16.2 Å². The van der Waals surface area contributed by atoms with Gasteiger partial charge in [0.15, 0.2) is 17.3 Å². The second-order valence-electron chi connectivity index (χ2n) is 3.57. The van der Waals surface area contributed by atoms with Gasteiger partial charge in [0.1, 0.15) is 0 Å². The fourth-order valence-corrected chi connectivity index (χ4v) is 2.40. The van der Waals surface area contributed by atoms with Crippen LogP contribution in [0.3, 0.4) is 0 Å². The molecular formula is C13H11FO2S. The number of hydrogen-bond acceptors (Lipinski definition) is 3. The maximum absolute atomic E-state index is 13.5. The number of ether oxygens (including phenoxy) is 1. The minimum absolute atomic E-state index is 0.0234. The number of Topliss-reactive ketones (excluding diaryl/α,β-unsaturated/α-hetero) is 1. The molecule has 2 aromatic rings. The smallest absolute Gasteiger partial charge is 0.169 e. The molecule has 0 amide bonds. The zero-order valence-corrected chi connectivity index (χ0v) is 10.3. The molecule has 0 unspecified atom stereocenters. The molecule has 0 saturated heterocycles. The molecule has 0 bridgehead atoms. The fraction of sp³-hybridized carbons (Fsp3) is 0.154. The number of rotatable bonds is 3. The van der Waals surface area contributed by atoms with E-state index < -0.39 is 5.82 Å². The van der Waals surface area contributed by atoms with E-state index >= 15 is 0 Å². The Morgan fingerprint density at radius 3 is 2.59 bits per heavy atom. The van der Waals surface area contributed by atoms with Gasteiger partial charge < -0.3 is 4.74 Å². The third-order valence-corrected chi connectivity index (χ3v) is 3.62. The molecule has 1 aromatic heterocycles. The van der Waals surface area contributed by atoms with Crippen molar-refractivity contribution in [2.45, 2.75) is 6.92 Å². The maximum Gasteiger partial charge on any atom is 0.169 e. The second-order valence-corrected chi connectivity index (χ2v) is 4.65. The number of thiophene rings is 1. The van der Waals surface area contributed by atoms with Crippen LogP contribution in [-0.2, 0) is 0 Å². The molecule has 2 nitrogen and oxygen atoms in total. The predicted molar refractivity (Wildman–Crippen MR) is 66.3 cm³/mol. The summed E-state index contributed by atoms with van der Waals surface area (Å²) in [5.41, 5.74) is 0.751. The summed E-state index contributed by atoms with van der Waals surface area (Å²) >= 11 is 1.36. The van der Waals surface area contributed by atoms with Gasteiger partial charge in [-0.1, -0.05) is 0 Å². The van der Waals surface area contributed by atoms with Crippen LogP contribution < -0.4 is 4.74 Å². The Labute approximate surface area is 103 Å². The van der Waals surface area contributed by atoms with Gasteiger partial charge in [-0.2, -0.15) is 0 Å². The molecule has 0 radical (unpaired) electrons. The van der Waals surface area contributed by atoms with Crippen molar-refractivity contribution in [2.24, 2.45) is 0 Å². The van der Waals surface area contributed by atoms with Crippen molar-refractivity contribution in [3.63, 3.8) is 0 Å². The van der Waals surface area contributed by atoms with E-state index in [0.29, 0.717) is 4.88 Å². The minimum atomic E-state index is -0.400.